The van der Waals surface area contributed by atoms with Gasteiger partial charge in [-0.3, -0.25) is 0 Å². The molecular weight excluding hydrogens is 327 g/mol. The lowest BCUT2D eigenvalue weighted by molar-refractivity contribution is -0.137. The van der Waals surface area contributed by atoms with Gasteiger partial charge in [0.2, 0.25) is 0 Å². The van der Waals surface area contributed by atoms with Crippen molar-refractivity contribution in [3.05, 3.63) is 65.9 Å². The quantitative estimate of drug-likeness (QED) is 0.702. The molecule has 0 aliphatic carbocycles. The molecule has 0 N–H and O–H groups in total. The van der Waals surface area contributed by atoms with Crippen LogP contribution in [0.5, 0.6) is 0 Å². The highest BCUT2D eigenvalue weighted by Crippen LogP contribution is 2.33. The molecule has 1 heterocycles. The second-order valence-corrected chi connectivity index (χ2v) is 6.93. The third-order valence-corrected chi connectivity index (χ3v) is 5.38. The molecule has 3 aromatic rings. The summed E-state index contributed by atoms with van der Waals surface area (Å²) in [5.74, 6) is 0. The maximum Gasteiger partial charge on any atom is 0.416 e. The van der Waals surface area contributed by atoms with Crippen LogP contribution in [-0.4, -0.2) is 12.4 Å². The number of halogens is 3. The predicted octanol–water partition coefficient (Wildman–Crippen LogP) is 4.21. The van der Waals surface area contributed by atoms with Gasteiger partial charge in [0, 0.05) is 11.1 Å². The van der Waals surface area contributed by atoms with Crippen molar-refractivity contribution in [2.45, 2.75) is 18.0 Å². The second-order valence-electron chi connectivity index (χ2n) is 5.14. The zero-order valence-corrected chi connectivity index (χ0v) is 12.8. The summed E-state index contributed by atoms with van der Waals surface area (Å²) in [6.45, 7) is 1.55. The summed E-state index contributed by atoms with van der Waals surface area (Å²) < 4.78 is 65.2. The van der Waals surface area contributed by atoms with Crippen molar-refractivity contribution >= 4 is 20.9 Å². The van der Waals surface area contributed by atoms with E-state index in [-0.39, 0.29) is 10.4 Å². The Labute approximate surface area is 131 Å². The molecule has 0 atom stereocenters. The Morgan fingerprint density at radius 2 is 1.61 bits per heavy atom. The van der Waals surface area contributed by atoms with Crippen LogP contribution in [0.1, 0.15) is 11.3 Å². The van der Waals surface area contributed by atoms with Crippen LogP contribution >= 0.6 is 0 Å². The van der Waals surface area contributed by atoms with Crippen LogP contribution in [0.15, 0.2) is 59.5 Å². The molecule has 3 nitrogen and oxygen atoms in total. The maximum absolute atomic E-state index is 12.9. The first-order chi connectivity index (χ1) is 10.7. The highest BCUT2D eigenvalue weighted by molar-refractivity contribution is 7.90. The van der Waals surface area contributed by atoms with E-state index in [0.717, 1.165) is 16.1 Å². The number of nitrogens with zero attached hydrogens (tertiary/aromatic N) is 1. The minimum Gasteiger partial charge on any atom is -0.238 e. The molecule has 120 valence electrons. The third-order valence-electron chi connectivity index (χ3n) is 3.54. The Morgan fingerprint density at radius 1 is 0.957 bits per heavy atom. The van der Waals surface area contributed by atoms with Gasteiger partial charge in [0.05, 0.1) is 16.0 Å². The summed E-state index contributed by atoms with van der Waals surface area (Å²) in [5, 5.41) is 0.440. The van der Waals surface area contributed by atoms with E-state index in [2.05, 4.69) is 0 Å². The zero-order chi connectivity index (χ0) is 16.8. The van der Waals surface area contributed by atoms with Crippen molar-refractivity contribution in [2.75, 3.05) is 0 Å². The van der Waals surface area contributed by atoms with E-state index >= 15 is 0 Å². The molecule has 2 aromatic carbocycles. The average Bonchev–Trinajstić information content (AvgIpc) is 2.82. The van der Waals surface area contributed by atoms with Gasteiger partial charge in [-0.1, -0.05) is 24.3 Å². The summed E-state index contributed by atoms with van der Waals surface area (Å²) >= 11 is 0. The lowest BCUT2D eigenvalue weighted by atomic mass is 10.1. The SMILES string of the molecule is Cc1cc2ccc(C(F)(F)F)cc2n1S(=O)(=O)c1ccccc1. The Morgan fingerprint density at radius 3 is 2.22 bits per heavy atom. The van der Waals surface area contributed by atoms with Crippen LogP contribution in [0.4, 0.5) is 13.2 Å². The van der Waals surface area contributed by atoms with E-state index in [9.17, 15) is 21.6 Å². The predicted molar refractivity (Wildman–Crippen MR) is 80.7 cm³/mol. The van der Waals surface area contributed by atoms with Crippen molar-refractivity contribution in [1.29, 1.82) is 0 Å². The summed E-state index contributed by atoms with van der Waals surface area (Å²) in [4.78, 5) is 0.0259. The van der Waals surface area contributed by atoms with Crippen LogP contribution < -0.4 is 0 Å². The molecule has 0 spiro atoms. The van der Waals surface area contributed by atoms with E-state index in [1.54, 1.807) is 31.2 Å². The number of aromatic nitrogens is 1. The first kappa shape index (κ1) is 15.6. The number of hydrogen-bond acceptors (Lipinski definition) is 2. The standard InChI is InChI=1S/C16H12F3NO2S/c1-11-9-12-7-8-13(16(17,18)19)10-15(12)20(11)23(21,22)14-5-3-2-4-6-14/h2-10H,1H3. The van der Waals surface area contributed by atoms with Gasteiger partial charge >= 0.3 is 6.18 Å². The van der Waals surface area contributed by atoms with Crippen LogP contribution in [-0.2, 0) is 16.2 Å². The molecule has 0 bridgehead atoms. The maximum atomic E-state index is 12.9. The van der Waals surface area contributed by atoms with E-state index in [0.29, 0.717) is 11.1 Å². The van der Waals surface area contributed by atoms with Gasteiger partial charge in [0.15, 0.2) is 0 Å². The summed E-state index contributed by atoms with van der Waals surface area (Å²) in [6.07, 6.45) is -4.53. The highest BCUT2D eigenvalue weighted by Gasteiger charge is 2.31. The molecule has 0 fully saturated rings. The Hall–Kier alpha value is -2.28. The molecule has 0 unspecified atom stereocenters. The number of aryl methyl sites for hydroxylation is 1. The second kappa shape index (κ2) is 5.13. The van der Waals surface area contributed by atoms with E-state index in [4.69, 9.17) is 0 Å². The summed E-state index contributed by atoms with van der Waals surface area (Å²) in [5.41, 5.74) is -0.517. The van der Waals surface area contributed by atoms with Gasteiger partial charge in [-0.2, -0.15) is 13.2 Å². The van der Waals surface area contributed by atoms with Crippen molar-refractivity contribution in [1.82, 2.24) is 3.97 Å². The van der Waals surface area contributed by atoms with Gasteiger partial charge in [0.1, 0.15) is 0 Å². The Bertz CT molecular complexity index is 974. The molecule has 7 heteroatoms. The van der Waals surface area contributed by atoms with Crippen molar-refractivity contribution in [2.24, 2.45) is 0 Å². The number of benzene rings is 2. The fourth-order valence-electron chi connectivity index (χ4n) is 2.51. The molecule has 0 saturated carbocycles. The van der Waals surface area contributed by atoms with E-state index < -0.39 is 21.8 Å². The van der Waals surface area contributed by atoms with Crippen LogP contribution in [0, 0.1) is 6.92 Å². The molecule has 0 aliphatic heterocycles. The van der Waals surface area contributed by atoms with Gasteiger partial charge in [-0.05, 0) is 37.3 Å². The normalized spacial score (nSPS) is 12.7. The summed E-state index contributed by atoms with van der Waals surface area (Å²) in [7, 11) is -3.97. The van der Waals surface area contributed by atoms with Crippen molar-refractivity contribution in [3.8, 4) is 0 Å². The van der Waals surface area contributed by atoms with E-state index in [1.807, 2.05) is 0 Å². The highest BCUT2D eigenvalue weighted by atomic mass is 32.2. The van der Waals surface area contributed by atoms with Gasteiger partial charge < -0.3 is 0 Å². The molecule has 3 rings (SSSR count). The van der Waals surface area contributed by atoms with Crippen LogP contribution in [0.2, 0.25) is 0 Å². The fourth-order valence-corrected chi connectivity index (χ4v) is 4.07. The first-order valence-electron chi connectivity index (χ1n) is 6.71. The number of hydrogen-bond donors (Lipinski definition) is 0. The Balaban J connectivity index is 2.31. The Kier molecular flexibility index (Phi) is 3.48. The van der Waals surface area contributed by atoms with Crippen LogP contribution in [0.3, 0.4) is 0 Å². The van der Waals surface area contributed by atoms with Crippen molar-refractivity contribution in [3.63, 3.8) is 0 Å². The smallest absolute Gasteiger partial charge is 0.238 e. The minimum absolute atomic E-state index is 0.0150. The molecule has 0 amide bonds. The van der Waals surface area contributed by atoms with Crippen LogP contribution in [0.25, 0.3) is 10.9 Å². The zero-order valence-electron chi connectivity index (χ0n) is 12.0. The molecule has 1 aromatic heterocycles. The molecule has 23 heavy (non-hydrogen) atoms. The molecule has 0 aliphatic rings. The first-order valence-corrected chi connectivity index (χ1v) is 8.15. The number of fused-ring (bicyclic) bond motifs is 1. The minimum atomic E-state index is -4.53. The third kappa shape index (κ3) is 2.61. The topological polar surface area (TPSA) is 39.1 Å². The molecule has 0 radical (unpaired) electrons. The largest absolute Gasteiger partial charge is 0.416 e. The number of rotatable bonds is 2. The fraction of sp³-hybridized carbons (Fsp3) is 0.125. The molecular formula is C16H12F3NO2S. The van der Waals surface area contributed by atoms with E-state index in [1.165, 1.54) is 18.2 Å². The van der Waals surface area contributed by atoms with Crippen molar-refractivity contribution < 1.29 is 21.6 Å². The lowest BCUT2D eigenvalue weighted by Gasteiger charge is -2.11. The van der Waals surface area contributed by atoms with Gasteiger partial charge in [0.25, 0.3) is 10.0 Å². The molecule has 0 saturated heterocycles. The summed E-state index contributed by atoms with van der Waals surface area (Å²) in [6, 6.07) is 12.3. The average molecular weight is 339 g/mol. The monoisotopic (exact) mass is 339 g/mol. The number of alkyl halides is 3. The van der Waals surface area contributed by atoms with Gasteiger partial charge in [-0.25, -0.2) is 12.4 Å². The van der Waals surface area contributed by atoms with Gasteiger partial charge in [-0.15, -0.1) is 0 Å². The lowest BCUT2D eigenvalue weighted by Crippen LogP contribution is -2.14.